The first-order chi connectivity index (χ1) is 11.3. The van der Waals surface area contributed by atoms with Crippen molar-refractivity contribution in [1.29, 1.82) is 0 Å². The lowest BCUT2D eigenvalue weighted by molar-refractivity contribution is 0.0525. The van der Waals surface area contributed by atoms with Gasteiger partial charge in [-0.3, -0.25) is 4.68 Å². The summed E-state index contributed by atoms with van der Waals surface area (Å²) in [5, 5.41) is 6.90. The number of nitrogen functional groups attached to an aromatic ring is 1. The normalized spacial score (nSPS) is 11.2. The first-order valence-electron chi connectivity index (χ1n) is 7.44. The van der Waals surface area contributed by atoms with Crippen LogP contribution in [0, 0.1) is 0 Å². The van der Waals surface area contributed by atoms with Crippen molar-refractivity contribution in [2.45, 2.75) is 32.9 Å². The Kier molecular flexibility index (Phi) is 5.22. The SMILES string of the molecule is COc1nc(-c2cnn(CCNC(=O)OC(C)(C)C)c2)cnc1N. The first-order valence-corrected chi connectivity index (χ1v) is 7.44. The van der Waals surface area contributed by atoms with Gasteiger partial charge in [-0.2, -0.15) is 5.10 Å². The van der Waals surface area contributed by atoms with E-state index in [0.29, 0.717) is 18.8 Å². The average molecular weight is 334 g/mol. The molecule has 0 bridgehead atoms. The zero-order valence-electron chi connectivity index (χ0n) is 14.2. The van der Waals surface area contributed by atoms with Gasteiger partial charge in [0, 0.05) is 18.3 Å². The molecule has 0 aliphatic rings. The van der Waals surface area contributed by atoms with Crippen molar-refractivity contribution in [2.24, 2.45) is 0 Å². The highest BCUT2D eigenvalue weighted by atomic mass is 16.6. The third-order valence-corrected chi connectivity index (χ3v) is 2.90. The molecule has 0 atom stereocenters. The average Bonchev–Trinajstić information content (AvgIpc) is 2.94. The number of alkyl carbamates (subject to hydrolysis) is 1. The first kappa shape index (κ1) is 17.5. The Hall–Kier alpha value is -2.84. The number of carbonyl (C=O) groups is 1. The van der Waals surface area contributed by atoms with Crippen LogP contribution >= 0.6 is 0 Å². The zero-order chi connectivity index (χ0) is 17.7. The molecule has 9 heteroatoms. The number of hydrogen-bond acceptors (Lipinski definition) is 7. The fourth-order valence-electron chi connectivity index (χ4n) is 1.88. The fraction of sp³-hybridized carbons (Fsp3) is 0.467. The molecule has 0 aromatic carbocycles. The Morgan fingerprint density at radius 1 is 1.38 bits per heavy atom. The predicted molar refractivity (Wildman–Crippen MR) is 88.5 cm³/mol. The highest BCUT2D eigenvalue weighted by molar-refractivity contribution is 5.67. The molecular weight excluding hydrogens is 312 g/mol. The van der Waals surface area contributed by atoms with Crippen LogP contribution in [-0.2, 0) is 11.3 Å². The minimum absolute atomic E-state index is 0.232. The maximum Gasteiger partial charge on any atom is 0.407 e. The number of ether oxygens (including phenoxy) is 2. The van der Waals surface area contributed by atoms with Crippen molar-refractivity contribution in [3.8, 4) is 17.1 Å². The van der Waals surface area contributed by atoms with Crippen molar-refractivity contribution >= 4 is 11.9 Å². The van der Waals surface area contributed by atoms with E-state index in [1.807, 2.05) is 20.8 Å². The summed E-state index contributed by atoms with van der Waals surface area (Å²) in [6.45, 7) is 6.34. The van der Waals surface area contributed by atoms with Crippen LogP contribution in [0.3, 0.4) is 0 Å². The number of nitrogens with zero attached hydrogens (tertiary/aromatic N) is 4. The second-order valence-corrected chi connectivity index (χ2v) is 6.07. The van der Waals surface area contributed by atoms with E-state index in [1.165, 1.54) is 7.11 Å². The van der Waals surface area contributed by atoms with E-state index in [9.17, 15) is 4.79 Å². The molecule has 0 unspecified atom stereocenters. The summed E-state index contributed by atoms with van der Waals surface area (Å²) in [5.74, 6) is 0.502. The molecule has 3 N–H and O–H groups in total. The van der Waals surface area contributed by atoms with Gasteiger partial charge >= 0.3 is 6.09 Å². The number of nitrogens with two attached hydrogens (primary N) is 1. The Morgan fingerprint density at radius 2 is 2.12 bits per heavy atom. The van der Waals surface area contributed by atoms with Crippen molar-refractivity contribution < 1.29 is 14.3 Å². The highest BCUT2D eigenvalue weighted by Crippen LogP contribution is 2.21. The molecule has 2 aromatic heterocycles. The number of methoxy groups -OCH3 is 1. The van der Waals surface area contributed by atoms with Gasteiger partial charge in [-0.05, 0) is 20.8 Å². The minimum atomic E-state index is -0.518. The van der Waals surface area contributed by atoms with Gasteiger partial charge in [0.05, 0.1) is 31.7 Å². The molecule has 1 amide bonds. The summed E-state index contributed by atoms with van der Waals surface area (Å²) < 4.78 is 11.9. The molecule has 130 valence electrons. The Labute approximate surface area is 140 Å². The molecule has 0 saturated heterocycles. The second-order valence-electron chi connectivity index (χ2n) is 6.07. The lowest BCUT2D eigenvalue weighted by Gasteiger charge is -2.19. The van der Waals surface area contributed by atoms with Crippen LogP contribution in [0.1, 0.15) is 20.8 Å². The van der Waals surface area contributed by atoms with Crippen LogP contribution < -0.4 is 15.8 Å². The van der Waals surface area contributed by atoms with E-state index >= 15 is 0 Å². The molecule has 24 heavy (non-hydrogen) atoms. The largest absolute Gasteiger partial charge is 0.478 e. The van der Waals surface area contributed by atoms with Gasteiger partial charge in [-0.15, -0.1) is 0 Å². The topological polar surface area (TPSA) is 117 Å². The summed E-state index contributed by atoms with van der Waals surface area (Å²) in [4.78, 5) is 19.9. The summed E-state index contributed by atoms with van der Waals surface area (Å²) in [6, 6.07) is 0. The zero-order valence-corrected chi connectivity index (χ0v) is 14.2. The monoisotopic (exact) mass is 334 g/mol. The number of anilines is 1. The number of carbonyl (C=O) groups excluding carboxylic acids is 1. The van der Waals surface area contributed by atoms with E-state index in [4.69, 9.17) is 15.2 Å². The maximum absolute atomic E-state index is 11.6. The molecule has 0 saturated carbocycles. The minimum Gasteiger partial charge on any atom is -0.478 e. The molecule has 2 aromatic rings. The molecule has 0 spiro atoms. The van der Waals surface area contributed by atoms with Crippen LogP contribution in [0.4, 0.5) is 10.6 Å². The molecule has 0 aliphatic heterocycles. The van der Waals surface area contributed by atoms with Crippen LogP contribution in [0.5, 0.6) is 5.88 Å². The summed E-state index contributed by atoms with van der Waals surface area (Å²) in [7, 11) is 1.48. The van der Waals surface area contributed by atoms with E-state index in [-0.39, 0.29) is 11.7 Å². The standard InChI is InChI=1S/C15H22N6O3/c1-15(2,3)24-14(22)17-5-6-21-9-10(7-19-21)11-8-18-12(16)13(20-11)23-4/h7-9H,5-6H2,1-4H3,(H2,16,18)(H,17,22). The van der Waals surface area contributed by atoms with Gasteiger partial charge in [0.25, 0.3) is 5.88 Å². The van der Waals surface area contributed by atoms with E-state index in [2.05, 4.69) is 20.4 Å². The van der Waals surface area contributed by atoms with Crippen molar-refractivity contribution in [3.05, 3.63) is 18.6 Å². The number of hydrogen-bond donors (Lipinski definition) is 2. The molecule has 2 heterocycles. The molecule has 9 nitrogen and oxygen atoms in total. The van der Waals surface area contributed by atoms with Gasteiger partial charge in [0.2, 0.25) is 0 Å². The van der Waals surface area contributed by atoms with Crippen LogP contribution in [-0.4, -0.2) is 45.1 Å². The lowest BCUT2D eigenvalue weighted by Crippen LogP contribution is -2.34. The molecule has 0 radical (unpaired) electrons. The number of rotatable bonds is 5. The van der Waals surface area contributed by atoms with Gasteiger partial charge in [0.1, 0.15) is 5.60 Å². The Balaban J connectivity index is 1.93. The highest BCUT2D eigenvalue weighted by Gasteiger charge is 2.15. The van der Waals surface area contributed by atoms with Gasteiger partial charge < -0.3 is 20.5 Å². The molecule has 0 aliphatic carbocycles. The van der Waals surface area contributed by atoms with Crippen LogP contribution in [0.15, 0.2) is 18.6 Å². The van der Waals surface area contributed by atoms with Crippen molar-refractivity contribution in [1.82, 2.24) is 25.1 Å². The number of nitrogens with one attached hydrogen (secondary N) is 1. The lowest BCUT2D eigenvalue weighted by atomic mass is 10.2. The third-order valence-electron chi connectivity index (χ3n) is 2.90. The number of amides is 1. The molecular formula is C15H22N6O3. The van der Waals surface area contributed by atoms with E-state index in [1.54, 1.807) is 23.3 Å². The second kappa shape index (κ2) is 7.16. The van der Waals surface area contributed by atoms with E-state index in [0.717, 1.165) is 5.56 Å². The molecule has 2 rings (SSSR count). The van der Waals surface area contributed by atoms with Crippen LogP contribution in [0.25, 0.3) is 11.3 Å². The fourth-order valence-corrected chi connectivity index (χ4v) is 1.88. The Morgan fingerprint density at radius 3 is 2.79 bits per heavy atom. The summed E-state index contributed by atoms with van der Waals surface area (Å²) >= 11 is 0. The molecule has 0 fully saturated rings. The smallest absolute Gasteiger partial charge is 0.407 e. The van der Waals surface area contributed by atoms with Crippen molar-refractivity contribution in [3.63, 3.8) is 0 Å². The summed E-state index contributed by atoms with van der Waals surface area (Å²) in [6.07, 6.45) is 4.56. The number of aromatic nitrogens is 4. The van der Waals surface area contributed by atoms with Gasteiger partial charge in [-0.1, -0.05) is 0 Å². The van der Waals surface area contributed by atoms with E-state index < -0.39 is 11.7 Å². The van der Waals surface area contributed by atoms with Gasteiger partial charge in [-0.25, -0.2) is 14.8 Å². The maximum atomic E-state index is 11.6. The quantitative estimate of drug-likeness (QED) is 0.850. The van der Waals surface area contributed by atoms with Gasteiger partial charge in [0.15, 0.2) is 5.82 Å². The third kappa shape index (κ3) is 4.83. The van der Waals surface area contributed by atoms with Crippen LogP contribution in [0.2, 0.25) is 0 Å². The Bertz CT molecular complexity index is 707. The predicted octanol–water partition coefficient (Wildman–Crippen LogP) is 1.46. The summed E-state index contributed by atoms with van der Waals surface area (Å²) in [5.41, 5.74) is 6.51. The van der Waals surface area contributed by atoms with Crippen molar-refractivity contribution in [2.75, 3.05) is 19.4 Å².